The number of hydrogen-bond donors (Lipinski definition) is 3. The standard InChI is InChI=1S/C17H16ClN7O2S2.ClH/c18-14-15(25-7-8-28-17(25)21-14)29(26,27)24-11-3-1-10-2-4-13(12(10)9-11)22-23-16-19-5-6-20-16;/h1,3,7-9,24H,2,4-6H2,(H2,19,20,23);1H. The molecule has 0 bridgehead atoms. The van der Waals surface area contributed by atoms with Gasteiger partial charge in [0, 0.05) is 29.4 Å². The van der Waals surface area contributed by atoms with Crippen LogP contribution in [0.25, 0.3) is 4.96 Å². The molecule has 0 fully saturated rings. The number of benzene rings is 1. The number of fused-ring (bicyclic) bond motifs is 2. The first-order valence-corrected chi connectivity index (χ1v) is 11.6. The van der Waals surface area contributed by atoms with E-state index in [4.69, 9.17) is 11.6 Å². The molecule has 0 atom stereocenters. The number of halogens is 2. The molecule has 5 rings (SSSR count). The highest BCUT2D eigenvalue weighted by atomic mass is 35.5. The van der Waals surface area contributed by atoms with Gasteiger partial charge in [0.25, 0.3) is 10.0 Å². The Morgan fingerprint density at radius 3 is 2.97 bits per heavy atom. The number of hydrazone groups is 1. The van der Waals surface area contributed by atoms with Crippen molar-refractivity contribution in [2.24, 2.45) is 10.1 Å². The first kappa shape index (κ1) is 20.9. The molecule has 158 valence electrons. The maximum atomic E-state index is 13.0. The van der Waals surface area contributed by atoms with Gasteiger partial charge in [-0.3, -0.25) is 9.12 Å². The summed E-state index contributed by atoms with van der Waals surface area (Å²) >= 11 is 7.41. The van der Waals surface area contributed by atoms with Crippen LogP contribution >= 0.6 is 35.3 Å². The van der Waals surface area contributed by atoms with Crippen LogP contribution in [0.15, 0.2) is 44.9 Å². The number of nitrogens with one attached hydrogen (secondary N) is 3. The van der Waals surface area contributed by atoms with Crippen molar-refractivity contribution >= 4 is 67.7 Å². The molecule has 0 radical (unpaired) electrons. The minimum Gasteiger partial charge on any atom is -0.353 e. The highest BCUT2D eigenvalue weighted by Gasteiger charge is 2.26. The topological polar surface area (TPSA) is 112 Å². The number of aliphatic imine (C=N–C) groups is 1. The second-order valence-electron chi connectivity index (χ2n) is 6.57. The zero-order valence-electron chi connectivity index (χ0n) is 15.4. The summed E-state index contributed by atoms with van der Waals surface area (Å²) in [6, 6.07) is 5.46. The molecule has 3 N–H and O–H groups in total. The molecule has 1 aromatic carbocycles. The van der Waals surface area contributed by atoms with Gasteiger partial charge < -0.3 is 5.32 Å². The van der Waals surface area contributed by atoms with Gasteiger partial charge in [-0.1, -0.05) is 17.7 Å². The van der Waals surface area contributed by atoms with E-state index in [0.29, 0.717) is 16.6 Å². The van der Waals surface area contributed by atoms with Crippen LogP contribution in [0.1, 0.15) is 17.5 Å². The van der Waals surface area contributed by atoms with E-state index in [0.717, 1.165) is 42.8 Å². The normalized spacial score (nSPS) is 16.8. The Labute approximate surface area is 187 Å². The van der Waals surface area contributed by atoms with Crippen molar-refractivity contribution in [2.45, 2.75) is 17.9 Å². The minimum absolute atomic E-state index is 0. The number of sulfonamides is 1. The number of anilines is 1. The molecule has 1 aliphatic heterocycles. The smallest absolute Gasteiger partial charge is 0.281 e. The van der Waals surface area contributed by atoms with Gasteiger partial charge in [0.2, 0.25) is 5.96 Å². The zero-order valence-corrected chi connectivity index (χ0v) is 18.6. The molecule has 2 aromatic heterocycles. The third kappa shape index (κ3) is 3.73. The monoisotopic (exact) mass is 485 g/mol. The van der Waals surface area contributed by atoms with Gasteiger partial charge in [-0.05, 0) is 30.5 Å². The summed E-state index contributed by atoms with van der Waals surface area (Å²) in [7, 11) is -3.92. The lowest BCUT2D eigenvalue weighted by molar-refractivity contribution is 0.596. The molecule has 9 nitrogen and oxygen atoms in total. The first-order valence-electron chi connectivity index (χ1n) is 8.89. The fourth-order valence-corrected chi connectivity index (χ4v) is 5.91. The highest BCUT2D eigenvalue weighted by molar-refractivity contribution is 7.92. The maximum Gasteiger partial charge on any atom is 0.281 e. The Kier molecular flexibility index (Phi) is 5.62. The van der Waals surface area contributed by atoms with E-state index in [1.807, 2.05) is 6.07 Å². The summed E-state index contributed by atoms with van der Waals surface area (Å²) in [5.41, 5.74) is 6.28. The van der Waals surface area contributed by atoms with Crippen molar-refractivity contribution in [1.29, 1.82) is 0 Å². The SMILES string of the molecule is Cl.O=S(=O)(Nc1ccc2c(c1)C(=NNC1=NCCN1)CC2)c1c(Cl)nc2sccn12. The molecular weight excluding hydrogens is 469 g/mol. The van der Waals surface area contributed by atoms with Gasteiger partial charge in [0.1, 0.15) is 0 Å². The Balaban J connectivity index is 0.00000218. The average Bonchev–Trinajstić information content (AvgIpc) is 3.43. The molecule has 0 unspecified atom stereocenters. The third-order valence-corrected chi connectivity index (χ3v) is 7.24. The van der Waals surface area contributed by atoms with E-state index in [1.165, 1.54) is 15.7 Å². The average molecular weight is 486 g/mol. The van der Waals surface area contributed by atoms with Gasteiger partial charge in [0.05, 0.1) is 12.3 Å². The van der Waals surface area contributed by atoms with E-state index in [-0.39, 0.29) is 22.6 Å². The highest BCUT2D eigenvalue weighted by Crippen LogP contribution is 2.29. The second-order valence-corrected chi connectivity index (χ2v) is 9.40. The fourth-order valence-electron chi connectivity index (χ4n) is 3.41. The Hall–Kier alpha value is -2.34. The van der Waals surface area contributed by atoms with Crippen molar-refractivity contribution in [1.82, 2.24) is 20.1 Å². The van der Waals surface area contributed by atoms with Crippen LogP contribution in [0.3, 0.4) is 0 Å². The molecule has 13 heteroatoms. The predicted octanol–water partition coefficient (Wildman–Crippen LogP) is 2.47. The number of aryl methyl sites for hydroxylation is 1. The van der Waals surface area contributed by atoms with Crippen molar-refractivity contribution in [3.63, 3.8) is 0 Å². The van der Waals surface area contributed by atoms with E-state index in [9.17, 15) is 8.42 Å². The lowest BCUT2D eigenvalue weighted by Crippen LogP contribution is -2.30. The van der Waals surface area contributed by atoms with Gasteiger partial charge in [-0.2, -0.15) is 13.5 Å². The van der Waals surface area contributed by atoms with E-state index in [2.05, 4.69) is 30.5 Å². The largest absolute Gasteiger partial charge is 0.353 e. The number of thiazole rings is 1. The summed E-state index contributed by atoms with van der Waals surface area (Å²) in [4.78, 5) is 8.87. The summed E-state index contributed by atoms with van der Waals surface area (Å²) in [6.07, 6.45) is 3.26. The number of imidazole rings is 1. The van der Waals surface area contributed by atoms with Crippen LogP contribution in [0, 0.1) is 0 Å². The summed E-state index contributed by atoms with van der Waals surface area (Å²) in [5.74, 6) is 0.651. The lowest BCUT2D eigenvalue weighted by atomic mass is 10.1. The van der Waals surface area contributed by atoms with E-state index >= 15 is 0 Å². The molecule has 2 aliphatic rings. The van der Waals surface area contributed by atoms with Crippen LogP contribution in [-0.4, -0.2) is 42.6 Å². The molecule has 3 heterocycles. The number of guanidine groups is 1. The summed E-state index contributed by atoms with van der Waals surface area (Å²) < 4.78 is 30.0. The van der Waals surface area contributed by atoms with Crippen molar-refractivity contribution in [2.75, 3.05) is 17.8 Å². The molecule has 0 saturated carbocycles. The number of nitrogens with zero attached hydrogens (tertiary/aromatic N) is 4. The first-order chi connectivity index (χ1) is 14.0. The quantitative estimate of drug-likeness (QED) is 0.491. The zero-order chi connectivity index (χ0) is 20.0. The van der Waals surface area contributed by atoms with Crippen LogP contribution in [0.4, 0.5) is 5.69 Å². The van der Waals surface area contributed by atoms with Crippen LogP contribution in [0.5, 0.6) is 0 Å². The molecule has 3 aromatic rings. The van der Waals surface area contributed by atoms with Crippen LogP contribution < -0.4 is 15.5 Å². The Morgan fingerprint density at radius 2 is 2.17 bits per heavy atom. The van der Waals surface area contributed by atoms with E-state index in [1.54, 1.807) is 23.7 Å². The van der Waals surface area contributed by atoms with Gasteiger partial charge in [0.15, 0.2) is 15.1 Å². The molecule has 0 saturated heterocycles. The van der Waals surface area contributed by atoms with Crippen molar-refractivity contribution in [3.8, 4) is 0 Å². The lowest BCUT2D eigenvalue weighted by Gasteiger charge is -2.10. The molecule has 0 amide bonds. The van der Waals surface area contributed by atoms with Crippen LogP contribution in [-0.2, 0) is 16.4 Å². The molecule has 0 spiro atoms. The van der Waals surface area contributed by atoms with Crippen LogP contribution in [0.2, 0.25) is 5.15 Å². The minimum atomic E-state index is -3.92. The summed E-state index contributed by atoms with van der Waals surface area (Å²) in [5, 5.41) is 9.17. The molecule has 1 aliphatic carbocycles. The second kappa shape index (κ2) is 8.06. The molecular formula is C17H17Cl2N7O2S2. The Morgan fingerprint density at radius 1 is 1.30 bits per heavy atom. The van der Waals surface area contributed by atoms with Gasteiger partial charge in [-0.15, -0.1) is 23.7 Å². The van der Waals surface area contributed by atoms with Gasteiger partial charge >= 0.3 is 0 Å². The number of hydrogen-bond acceptors (Lipinski definition) is 8. The Bertz CT molecular complexity index is 1280. The molecule has 30 heavy (non-hydrogen) atoms. The third-order valence-electron chi connectivity index (χ3n) is 4.71. The summed E-state index contributed by atoms with van der Waals surface area (Å²) in [6.45, 7) is 1.52. The van der Waals surface area contributed by atoms with Crippen molar-refractivity contribution in [3.05, 3.63) is 46.1 Å². The number of rotatable bonds is 4. The maximum absolute atomic E-state index is 13.0. The van der Waals surface area contributed by atoms with E-state index < -0.39 is 10.0 Å². The fraction of sp³-hybridized carbons (Fsp3) is 0.235. The predicted molar refractivity (Wildman–Crippen MR) is 121 cm³/mol. The van der Waals surface area contributed by atoms with Crippen molar-refractivity contribution < 1.29 is 8.42 Å². The van der Waals surface area contributed by atoms with Gasteiger partial charge in [-0.25, -0.2) is 15.4 Å². The number of aromatic nitrogens is 2.